The van der Waals surface area contributed by atoms with Gasteiger partial charge in [0.05, 0.1) is 5.54 Å². The largest absolute Gasteiger partial charge is 0.459 e. The zero-order valence-corrected chi connectivity index (χ0v) is 16.3. The van der Waals surface area contributed by atoms with E-state index in [2.05, 4.69) is 78.9 Å². The number of benzene rings is 2. The van der Waals surface area contributed by atoms with Gasteiger partial charge in [-0.3, -0.25) is 4.90 Å². The fourth-order valence-corrected chi connectivity index (χ4v) is 5.48. The highest BCUT2D eigenvalue weighted by Gasteiger charge is 2.49. The predicted octanol–water partition coefficient (Wildman–Crippen LogP) is 4.80. The first kappa shape index (κ1) is 17.0. The summed E-state index contributed by atoms with van der Waals surface area (Å²) < 4.78 is 6.44. The van der Waals surface area contributed by atoms with Gasteiger partial charge >= 0.3 is 0 Å². The van der Waals surface area contributed by atoms with Crippen LogP contribution in [0.3, 0.4) is 0 Å². The zero-order valence-electron chi connectivity index (χ0n) is 16.3. The average molecular weight is 361 g/mol. The molecule has 3 aromatic rings. The van der Waals surface area contributed by atoms with Gasteiger partial charge in [0.15, 0.2) is 0 Å². The number of hydrogen-bond acceptors (Lipinski definition) is 3. The average Bonchev–Trinajstić information content (AvgIpc) is 3.10. The highest BCUT2D eigenvalue weighted by atomic mass is 16.3. The Kier molecular flexibility index (Phi) is 3.92. The Hall–Kier alpha value is -2.10. The van der Waals surface area contributed by atoms with Crippen LogP contribution in [-0.2, 0) is 17.5 Å². The molecule has 1 spiro atoms. The first-order valence-electron chi connectivity index (χ1n) is 10.1. The van der Waals surface area contributed by atoms with Crippen LogP contribution in [0, 0.1) is 0 Å². The summed E-state index contributed by atoms with van der Waals surface area (Å²) in [5.74, 6) is 1.20. The molecule has 0 unspecified atom stereocenters. The fourth-order valence-electron chi connectivity index (χ4n) is 5.48. The summed E-state index contributed by atoms with van der Waals surface area (Å²) in [7, 11) is 4.46. The van der Waals surface area contributed by atoms with Crippen molar-refractivity contribution in [3.8, 4) is 0 Å². The summed E-state index contributed by atoms with van der Waals surface area (Å²) in [4.78, 5) is 2.43. The summed E-state index contributed by atoms with van der Waals surface area (Å²) >= 11 is 0. The molecule has 1 fully saturated rings. The van der Waals surface area contributed by atoms with Crippen molar-refractivity contribution >= 4 is 11.0 Å². The van der Waals surface area contributed by atoms with Gasteiger partial charge in [-0.1, -0.05) is 48.5 Å². The molecule has 27 heavy (non-hydrogen) atoms. The minimum Gasteiger partial charge on any atom is -0.459 e. The van der Waals surface area contributed by atoms with E-state index in [1.807, 2.05) is 0 Å². The number of rotatable bonds is 2. The number of hydrogen-bond donors (Lipinski definition) is 1. The third kappa shape index (κ3) is 2.49. The van der Waals surface area contributed by atoms with Crippen molar-refractivity contribution in [3.63, 3.8) is 0 Å². The maximum atomic E-state index is 6.44. The minimum atomic E-state index is -0.0130. The van der Waals surface area contributed by atoms with Crippen molar-refractivity contribution in [2.45, 2.75) is 43.2 Å². The van der Waals surface area contributed by atoms with Crippen molar-refractivity contribution in [2.75, 3.05) is 20.6 Å². The lowest BCUT2D eigenvalue weighted by molar-refractivity contribution is 0.0428. The Bertz CT molecular complexity index is 949. The van der Waals surface area contributed by atoms with Gasteiger partial charge in [0.25, 0.3) is 0 Å². The Balaban J connectivity index is 1.53. The van der Waals surface area contributed by atoms with Crippen molar-refractivity contribution in [1.29, 1.82) is 0 Å². The van der Waals surface area contributed by atoms with Crippen LogP contribution in [0.5, 0.6) is 0 Å². The molecule has 0 bridgehead atoms. The normalized spacial score (nSPS) is 28.0. The van der Waals surface area contributed by atoms with E-state index >= 15 is 0 Å². The van der Waals surface area contributed by atoms with E-state index < -0.39 is 0 Å². The van der Waals surface area contributed by atoms with Gasteiger partial charge in [0.1, 0.15) is 11.3 Å². The first-order valence-corrected chi connectivity index (χ1v) is 10.1. The van der Waals surface area contributed by atoms with Crippen LogP contribution in [-0.4, -0.2) is 25.5 Å². The molecule has 1 N–H and O–H groups in total. The van der Waals surface area contributed by atoms with Crippen LogP contribution in [0.1, 0.15) is 42.6 Å². The molecule has 2 aromatic carbocycles. The quantitative estimate of drug-likeness (QED) is 0.711. The topological polar surface area (TPSA) is 28.4 Å². The molecule has 5 rings (SSSR count). The van der Waals surface area contributed by atoms with Crippen molar-refractivity contribution in [1.82, 2.24) is 10.2 Å². The van der Waals surface area contributed by atoms with E-state index in [0.29, 0.717) is 0 Å². The Labute approximate surface area is 161 Å². The number of para-hydroxylation sites is 1. The van der Waals surface area contributed by atoms with Gasteiger partial charge < -0.3 is 9.73 Å². The van der Waals surface area contributed by atoms with Crippen molar-refractivity contribution in [3.05, 3.63) is 71.5 Å². The molecule has 1 aliphatic heterocycles. The third-order valence-electron chi connectivity index (χ3n) is 7.07. The molecule has 1 aromatic heterocycles. The lowest BCUT2D eigenvalue weighted by Crippen LogP contribution is -2.54. The summed E-state index contributed by atoms with van der Waals surface area (Å²) in [5, 5.41) is 5.17. The van der Waals surface area contributed by atoms with Crippen LogP contribution in [0.25, 0.3) is 11.0 Å². The fraction of sp³-hybridized carbons (Fsp3) is 0.417. The second-order valence-electron chi connectivity index (χ2n) is 8.46. The SMILES string of the molecule is CN(C)C1(c2ccccc2)CCC2(CC1)NCCc1c2oc2ccccc12. The molecule has 0 radical (unpaired) electrons. The summed E-state index contributed by atoms with van der Waals surface area (Å²) in [6, 6.07) is 19.6. The van der Waals surface area contributed by atoms with Gasteiger partial charge in [-0.15, -0.1) is 0 Å². The molecule has 0 saturated heterocycles. The molecule has 3 nitrogen and oxygen atoms in total. The predicted molar refractivity (Wildman–Crippen MR) is 110 cm³/mol. The van der Waals surface area contributed by atoms with Crippen LogP contribution in [0.4, 0.5) is 0 Å². The van der Waals surface area contributed by atoms with Crippen molar-refractivity contribution in [2.24, 2.45) is 0 Å². The molecule has 2 heterocycles. The molecule has 1 aliphatic carbocycles. The third-order valence-corrected chi connectivity index (χ3v) is 7.07. The number of fused-ring (bicyclic) bond motifs is 4. The maximum Gasteiger partial charge on any atom is 0.134 e. The number of nitrogens with one attached hydrogen (secondary N) is 1. The smallest absolute Gasteiger partial charge is 0.134 e. The second kappa shape index (κ2) is 6.22. The summed E-state index contributed by atoms with van der Waals surface area (Å²) in [6.07, 6.45) is 5.53. The molecular weight excluding hydrogens is 332 g/mol. The van der Waals surface area contributed by atoms with Crippen LogP contribution in [0.2, 0.25) is 0 Å². The lowest BCUT2D eigenvalue weighted by atomic mass is 9.66. The van der Waals surface area contributed by atoms with E-state index in [1.54, 1.807) is 0 Å². The lowest BCUT2D eigenvalue weighted by Gasteiger charge is -2.50. The molecule has 1 saturated carbocycles. The number of furan rings is 1. The van der Waals surface area contributed by atoms with E-state index in [4.69, 9.17) is 4.42 Å². The van der Waals surface area contributed by atoms with Gasteiger partial charge in [0, 0.05) is 23.0 Å². The second-order valence-corrected chi connectivity index (χ2v) is 8.46. The van der Waals surface area contributed by atoms with Crippen LogP contribution in [0.15, 0.2) is 59.0 Å². The highest BCUT2D eigenvalue weighted by Crippen LogP contribution is 2.51. The molecule has 140 valence electrons. The standard InChI is InChI=1S/C24H28N2O/c1-26(2)24(18-8-4-3-5-9-18)15-13-23(14-16-24)22-20(12-17-25-23)19-10-6-7-11-21(19)27-22/h3-11,25H,12-17H2,1-2H3. The van der Waals surface area contributed by atoms with E-state index in [1.165, 1.54) is 22.3 Å². The zero-order chi connectivity index (χ0) is 18.5. The van der Waals surface area contributed by atoms with E-state index in [9.17, 15) is 0 Å². The Morgan fingerprint density at radius 2 is 1.59 bits per heavy atom. The number of nitrogens with zero attached hydrogens (tertiary/aromatic N) is 1. The van der Waals surface area contributed by atoms with Gasteiger partial charge in [-0.05, 0) is 57.8 Å². The first-order chi connectivity index (χ1) is 13.1. The van der Waals surface area contributed by atoms with Crippen LogP contribution >= 0.6 is 0 Å². The van der Waals surface area contributed by atoms with Gasteiger partial charge in [-0.25, -0.2) is 0 Å². The molecule has 0 atom stereocenters. The Morgan fingerprint density at radius 3 is 2.33 bits per heavy atom. The maximum absolute atomic E-state index is 6.44. The minimum absolute atomic E-state index is 0.0130. The molecular formula is C24H28N2O. The molecule has 3 heteroatoms. The highest BCUT2D eigenvalue weighted by molar-refractivity contribution is 5.83. The summed E-state index contributed by atoms with van der Waals surface area (Å²) in [5.41, 5.74) is 4.00. The molecule has 0 amide bonds. The Morgan fingerprint density at radius 1 is 0.889 bits per heavy atom. The summed E-state index contributed by atoms with van der Waals surface area (Å²) in [6.45, 7) is 1.04. The van der Waals surface area contributed by atoms with Crippen LogP contribution < -0.4 is 5.32 Å². The van der Waals surface area contributed by atoms with Crippen molar-refractivity contribution < 1.29 is 4.42 Å². The van der Waals surface area contributed by atoms with E-state index in [-0.39, 0.29) is 11.1 Å². The molecule has 2 aliphatic rings. The van der Waals surface area contributed by atoms with Gasteiger partial charge in [0.2, 0.25) is 0 Å². The monoisotopic (exact) mass is 360 g/mol. The van der Waals surface area contributed by atoms with Gasteiger partial charge in [-0.2, -0.15) is 0 Å². The van der Waals surface area contributed by atoms with E-state index in [0.717, 1.165) is 44.2 Å².